The van der Waals surface area contributed by atoms with Crippen LogP contribution in [0.3, 0.4) is 0 Å². The van der Waals surface area contributed by atoms with E-state index >= 15 is 0 Å². The molecule has 0 bridgehead atoms. The first-order valence-corrected chi connectivity index (χ1v) is 11.5. The van der Waals surface area contributed by atoms with Crippen molar-refractivity contribution in [3.63, 3.8) is 0 Å². The molecule has 0 heterocycles. The Morgan fingerprint density at radius 2 is 1.28 bits per heavy atom. The van der Waals surface area contributed by atoms with Crippen molar-refractivity contribution in [1.82, 2.24) is 0 Å². The number of hydrogen-bond donors (Lipinski definition) is 1. The summed E-state index contributed by atoms with van der Waals surface area (Å²) < 4.78 is 0. The van der Waals surface area contributed by atoms with Gasteiger partial charge >= 0.3 is 0 Å². The topological polar surface area (TPSA) is 12.0 Å². The van der Waals surface area contributed by atoms with E-state index in [2.05, 4.69) is 92.8 Å². The van der Waals surface area contributed by atoms with Crippen LogP contribution in [0.5, 0.6) is 0 Å². The van der Waals surface area contributed by atoms with Crippen molar-refractivity contribution in [3.8, 4) is 0 Å². The van der Waals surface area contributed by atoms with Crippen molar-refractivity contribution in [1.29, 1.82) is 0 Å². The van der Waals surface area contributed by atoms with Gasteiger partial charge in [0.1, 0.15) is 0 Å². The van der Waals surface area contributed by atoms with Gasteiger partial charge in [0, 0.05) is 16.8 Å². The van der Waals surface area contributed by atoms with Crippen molar-refractivity contribution < 1.29 is 0 Å². The van der Waals surface area contributed by atoms with Gasteiger partial charge in [-0.2, -0.15) is 0 Å². The van der Waals surface area contributed by atoms with Gasteiger partial charge < -0.3 is 5.32 Å². The highest BCUT2D eigenvalue weighted by Crippen LogP contribution is 2.37. The van der Waals surface area contributed by atoms with Crippen molar-refractivity contribution in [2.24, 2.45) is 0 Å². The van der Waals surface area contributed by atoms with Gasteiger partial charge in [0.15, 0.2) is 0 Å². The van der Waals surface area contributed by atoms with Crippen LogP contribution < -0.4 is 5.32 Å². The fourth-order valence-electron chi connectivity index (χ4n) is 4.32. The van der Waals surface area contributed by atoms with Crippen LogP contribution in [0.4, 0.5) is 11.4 Å². The van der Waals surface area contributed by atoms with Gasteiger partial charge in [0.05, 0.1) is 0 Å². The second-order valence-corrected chi connectivity index (χ2v) is 8.95. The largest absolute Gasteiger partial charge is 0.355 e. The maximum Gasteiger partial charge on any atom is 0.0463 e. The Labute approximate surface area is 177 Å². The lowest BCUT2D eigenvalue weighted by Crippen LogP contribution is -2.18. The third kappa shape index (κ3) is 5.85. The van der Waals surface area contributed by atoms with Crippen LogP contribution in [0.15, 0.2) is 66.7 Å². The predicted octanol–water partition coefficient (Wildman–Crippen LogP) is 9.00. The van der Waals surface area contributed by atoms with E-state index in [1.165, 1.54) is 79.1 Å². The number of nitrogens with one attached hydrogen (secondary N) is 1. The maximum absolute atomic E-state index is 3.75. The molecule has 0 radical (unpaired) electrons. The summed E-state index contributed by atoms with van der Waals surface area (Å²) in [4.78, 5) is 0. The van der Waals surface area contributed by atoms with E-state index in [4.69, 9.17) is 0 Å². The molecule has 3 aromatic carbocycles. The molecule has 0 aliphatic carbocycles. The molecule has 0 aromatic heterocycles. The average molecular weight is 388 g/mol. The molecule has 29 heavy (non-hydrogen) atoms. The third-order valence-electron chi connectivity index (χ3n) is 6.12. The summed E-state index contributed by atoms with van der Waals surface area (Å²) in [7, 11) is 0. The van der Waals surface area contributed by atoms with Crippen LogP contribution in [-0.4, -0.2) is 0 Å². The number of unbranched alkanes of at least 4 members (excludes halogenated alkanes) is 6. The van der Waals surface area contributed by atoms with E-state index in [0.29, 0.717) is 0 Å². The van der Waals surface area contributed by atoms with Gasteiger partial charge in [-0.15, -0.1) is 0 Å². The lowest BCUT2D eigenvalue weighted by molar-refractivity contribution is 0.443. The van der Waals surface area contributed by atoms with Crippen LogP contribution in [0.2, 0.25) is 0 Å². The van der Waals surface area contributed by atoms with E-state index in [1.807, 2.05) is 0 Å². The van der Waals surface area contributed by atoms with Crippen LogP contribution in [0.25, 0.3) is 10.8 Å². The van der Waals surface area contributed by atoms with Gasteiger partial charge in [-0.05, 0) is 34.9 Å². The highest BCUT2D eigenvalue weighted by atomic mass is 14.9. The molecule has 0 saturated heterocycles. The Bertz CT molecular complexity index is 888. The van der Waals surface area contributed by atoms with Crippen LogP contribution in [0.1, 0.15) is 77.7 Å². The van der Waals surface area contributed by atoms with E-state index in [1.54, 1.807) is 0 Å². The number of benzene rings is 3. The lowest BCUT2D eigenvalue weighted by atomic mass is 9.79. The summed E-state index contributed by atoms with van der Waals surface area (Å²) in [6.07, 6.45) is 10.8. The highest BCUT2D eigenvalue weighted by molar-refractivity contribution is 5.95. The summed E-state index contributed by atoms with van der Waals surface area (Å²) >= 11 is 0. The minimum atomic E-state index is 0.164. The molecular formula is C28H37N. The summed E-state index contributed by atoms with van der Waals surface area (Å²) in [6.45, 7) is 7.08. The molecule has 3 aromatic rings. The molecule has 1 heteroatoms. The summed E-state index contributed by atoms with van der Waals surface area (Å²) in [5.41, 5.74) is 4.00. The van der Waals surface area contributed by atoms with Gasteiger partial charge in [-0.1, -0.05) is 120 Å². The molecule has 1 nitrogen and oxygen atoms in total. The van der Waals surface area contributed by atoms with Gasteiger partial charge in [0.25, 0.3) is 0 Å². The van der Waals surface area contributed by atoms with Crippen LogP contribution in [0, 0.1) is 0 Å². The molecule has 0 atom stereocenters. The summed E-state index contributed by atoms with van der Waals surface area (Å²) in [5.74, 6) is 0. The van der Waals surface area contributed by atoms with Crippen molar-refractivity contribution in [2.45, 2.75) is 77.6 Å². The molecule has 0 aliphatic heterocycles. The molecule has 0 aliphatic rings. The number of para-hydroxylation sites is 1. The molecule has 0 unspecified atom stereocenters. The van der Waals surface area contributed by atoms with E-state index in [9.17, 15) is 0 Å². The Morgan fingerprint density at radius 3 is 2.10 bits per heavy atom. The minimum Gasteiger partial charge on any atom is -0.355 e. The zero-order chi connectivity index (χ0) is 20.5. The lowest BCUT2D eigenvalue weighted by Gasteiger charge is -2.28. The minimum absolute atomic E-state index is 0.164. The second-order valence-electron chi connectivity index (χ2n) is 8.95. The highest BCUT2D eigenvalue weighted by Gasteiger charge is 2.23. The average Bonchev–Trinajstić information content (AvgIpc) is 2.74. The first-order valence-electron chi connectivity index (χ1n) is 11.5. The quantitative estimate of drug-likeness (QED) is 0.324. The normalized spacial score (nSPS) is 11.7. The summed E-state index contributed by atoms with van der Waals surface area (Å²) in [6, 6.07) is 23.9. The molecule has 0 spiro atoms. The number of rotatable bonds is 11. The zero-order valence-electron chi connectivity index (χ0n) is 18.5. The third-order valence-corrected chi connectivity index (χ3v) is 6.12. The van der Waals surface area contributed by atoms with E-state index in [-0.39, 0.29) is 5.41 Å². The zero-order valence-corrected chi connectivity index (χ0v) is 18.5. The Balaban J connectivity index is 1.69. The Kier molecular flexibility index (Phi) is 7.75. The van der Waals surface area contributed by atoms with E-state index < -0.39 is 0 Å². The molecule has 0 saturated carbocycles. The van der Waals surface area contributed by atoms with Crippen LogP contribution >= 0.6 is 0 Å². The second kappa shape index (κ2) is 10.5. The molecule has 1 N–H and O–H groups in total. The first kappa shape index (κ1) is 21.4. The molecule has 0 fully saturated rings. The molecule has 0 amide bonds. The molecule has 3 rings (SSSR count). The van der Waals surface area contributed by atoms with Crippen molar-refractivity contribution >= 4 is 22.1 Å². The maximum atomic E-state index is 3.75. The predicted molar refractivity (Wildman–Crippen MR) is 129 cm³/mol. The number of hydrogen-bond acceptors (Lipinski definition) is 1. The molecule has 154 valence electrons. The number of fused-ring (bicyclic) bond motifs is 1. The fourth-order valence-corrected chi connectivity index (χ4v) is 4.32. The smallest absolute Gasteiger partial charge is 0.0463 e. The van der Waals surface area contributed by atoms with Gasteiger partial charge in [-0.25, -0.2) is 0 Å². The van der Waals surface area contributed by atoms with Crippen molar-refractivity contribution in [3.05, 3.63) is 72.3 Å². The Morgan fingerprint density at radius 1 is 0.655 bits per heavy atom. The van der Waals surface area contributed by atoms with Gasteiger partial charge in [-0.3, -0.25) is 0 Å². The Hall–Kier alpha value is -2.28. The summed E-state index contributed by atoms with van der Waals surface area (Å²) in [5, 5.41) is 6.29. The van der Waals surface area contributed by atoms with Gasteiger partial charge in [0.2, 0.25) is 0 Å². The monoisotopic (exact) mass is 387 g/mol. The van der Waals surface area contributed by atoms with Crippen LogP contribution in [-0.2, 0) is 5.41 Å². The van der Waals surface area contributed by atoms with E-state index in [0.717, 1.165) is 0 Å². The SMILES string of the molecule is CCCCCCCCCC(C)(C)c1ccccc1Nc1cccc2ccccc12. The standard InChI is InChI=1S/C28H37N/c1-4-5-6-7-8-9-14-22-28(2,3)25-19-12-13-20-27(25)29-26-21-15-17-23-16-10-11-18-24(23)26/h10-13,15-21,29H,4-9,14,22H2,1-3H3. The first-order chi connectivity index (χ1) is 14.1. The number of anilines is 2. The van der Waals surface area contributed by atoms with Crippen molar-refractivity contribution in [2.75, 3.05) is 5.32 Å². The molecular weight excluding hydrogens is 350 g/mol. The fraction of sp³-hybridized carbons (Fsp3) is 0.429.